The first-order chi connectivity index (χ1) is 9.65. The summed E-state index contributed by atoms with van der Waals surface area (Å²) >= 11 is 1.69. The Morgan fingerprint density at radius 1 is 1.40 bits per heavy atom. The molecule has 0 radical (unpaired) electrons. The zero-order valence-electron chi connectivity index (χ0n) is 11.4. The Labute approximate surface area is 122 Å². The number of rotatable bonds is 5. The summed E-state index contributed by atoms with van der Waals surface area (Å²) < 4.78 is 13.4. The highest BCUT2D eigenvalue weighted by molar-refractivity contribution is 7.07. The van der Waals surface area contributed by atoms with Gasteiger partial charge in [-0.1, -0.05) is 0 Å². The highest BCUT2D eigenvalue weighted by atomic mass is 32.1. The van der Waals surface area contributed by atoms with Crippen molar-refractivity contribution in [2.45, 2.75) is 38.5 Å². The van der Waals surface area contributed by atoms with Crippen LogP contribution in [0.2, 0.25) is 0 Å². The van der Waals surface area contributed by atoms with E-state index in [1.165, 1.54) is 30.5 Å². The van der Waals surface area contributed by atoms with E-state index >= 15 is 0 Å². The van der Waals surface area contributed by atoms with Crippen LogP contribution in [0.15, 0.2) is 35.0 Å². The van der Waals surface area contributed by atoms with Gasteiger partial charge in [-0.2, -0.15) is 11.3 Å². The van der Waals surface area contributed by atoms with Gasteiger partial charge in [0.05, 0.1) is 6.10 Å². The fourth-order valence-corrected chi connectivity index (χ4v) is 3.16. The molecule has 0 unspecified atom stereocenters. The van der Waals surface area contributed by atoms with Crippen molar-refractivity contribution >= 4 is 17.0 Å². The minimum atomic E-state index is -0.663. The molecule has 0 spiro atoms. The van der Waals surface area contributed by atoms with Gasteiger partial charge in [-0.3, -0.25) is 0 Å². The van der Waals surface area contributed by atoms with Gasteiger partial charge in [0.1, 0.15) is 5.82 Å². The fourth-order valence-electron chi connectivity index (χ4n) is 2.50. The van der Waals surface area contributed by atoms with Gasteiger partial charge in [-0.15, -0.1) is 0 Å². The second-order valence-corrected chi connectivity index (χ2v) is 6.15. The Bertz CT molecular complexity index is 578. The maximum atomic E-state index is 13.4. The van der Waals surface area contributed by atoms with Gasteiger partial charge in [0.25, 0.3) is 0 Å². The molecule has 1 fully saturated rings. The molecule has 0 amide bonds. The van der Waals surface area contributed by atoms with Crippen molar-refractivity contribution in [3.8, 4) is 0 Å². The van der Waals surface area contributed by atoms with Crippen LogP contribution in [0.25, 0.3) is 0 Å². The van der Waals surface area contributed by atoms with E-state index in [0.29, 0.717) is 11.6 Å². The molecular formula is C16H18FNOS. The first-order valence-corrected chi connectivity index (χ1v) is 7.84. The molecule has 0 saturated heterocycles. The summed E-state index contributed by atoms with van der Waals surface area (Å²) in [6.07, 6.45) is 1.67. The zero-order chi connectivity index (χ0) is 14.1. The van der Waals surface area contributed by atoms with E-state index in [-0.39, 0.29) is 5.82 Å². The smallest absolute Gasteiger partial charge is 0.123 e. The lowest BCUT2D eigenvalue weighted by molar-refractivity contribution is 0.199. The Balaban J connectivity index is 1.95. The zero-order valence-corrected chi connectivity index (χ0v) is 12.2. The van der Waals surface area contributed by atoms with Crippen molar-refractivity contribution in [2.75, 3.05) is 4.90 Å². The Morgan fingerprint density at radius 3 is 2.80 bits per heavy atom. The number of nitrogens with zero attached hydrogens (tertiary/aromatic N) is 1. The van der Waals surface area contributed by atoms with Gasteiger partial charge in [-0.25, -0.2) is 4.39 Å². The molecule has 1 saturated carbocycles. The number of thiophene rings is 1. The minimum Gasteiger partial charge on any atom is -0.389 e. The molecule has 20 heavy (non-hydrogen) atoms. The molecule has 0 aliphatic heterocycles. The van der Waals surface area contributed by atoms with E-state index in [0.717, 1.165) is 12.2 Å². The van der Waals surface area contributed by atoms with Crippen molar-refractivity contribution in [3.05, 3.63) is 52.0 Å². The van der Waals surface area contributed by atoms with Crippen LogP contribution in [-0.4, -0.2) is 11.1 Å². The van der Waals surface area contributed by atoms with Gasteiger partial charge in [0.2, 0.25) is 0 Å². The van der Waals surface area contributed by atoms with Crippen molar-refractivity contribution in [2.24, 2.45) is 0 Å². The van der Waals surface area contributed by atoms with Gasteiger partial charge in [-0.05, 0) is 60.4 Å². The maximum Gasteiger partial charge on any atom is 0.123 e. The third-order valence-corrected chi connectivity index (χ3v) is 4.40. The number of anilines is 1. The molecule has 3 rings (SSSR count). The standard InChI is InChI=1S/C16H18FNOS/c1-11(19)15-8-13(17)2-5-16(15)18(14-3-4-14)9-12-6-7-20-10-12/h2,5-8,10-11,14,19H,3-4,9H2,1H3/t11-/m1/s1. The number of hydrogen-bond acceptors (Lipinski definition) is 3. The third kappa shape index (κ3) is 2.86. The molecular weight excluding hydrogens is 273 g/mol. The van der Waals surface area contributed by atoms with Crippen LogP contribution >= 0.6 is 11.3 Å². The van der Waals surface area contributed by atoms with Crippen molar-refractivity contribution in [1.29, 1.82) is 0 Å². The largest absolute Gasteiger partial charge is 0.389 e. The molecule has 2 nitrogen and oxygen atoms in total. The van der Waals surface area contributed by atoms with Crippen LogP contribution in [0.3, 0.4) is 0 Å². The van der Waals surface area contributed by atoms with Crippen LogP contribution in [0, 0.1) is 5.82 Å². The van der Waals surface area contributed by atoms with Crippen molar-refractivity contribution in [3.63, 3.8) is 0 Å². The SMILES string of the molecule is C[C@@H](O)c1cc(F)ccc1N(Cc1ccsc1)C1CC1. The van der Waals surface area contributed by atoms with Gasteiger partial charge in [0, 0.05) is 23.8 Å². The van der Waals surface area contributed by atoms with Gasteiger partial charge in [0.15, 0.2) is 0 Å². The van der Waals surface area contributed by atoms with Crippen LogP contribution in [0.5, 0.6) is 0 Å². The summed E-state index contributed by atoms with van der Waals surface area (Å²) in [4.78, 5) is 2.30. The summed E-state index contributed by atoms with van der Waals surface area (Å²) in [5, 5.41) is 14.1. The predicted molar refractivity (Wildman–Crippen MR) is 80.6 cm³/mol. The minimum absolute atomic E-state index is 0.295. The molecule has 4 heteroatoms. The Kier molecular flexibility index (Phi) is 3.76. The molecule has 1 aliphatic rings. The highest BCUT2D eigenvalue weighted by Crippen LogP contribution is 2.37. The summed E-state index contributed by atoms with van der Waals surface area (Å²) in [5.41, 5.74) is 2.89. The van der Waals surface area contributed by atoms with Crippen molar-refractivity contribution < 1.29 is 9.50 Å². The molecule has 0 bridgehead atoms. The number of aliphatic hydroxyl groups excluding tert-OH is 1. The fraction of sp³-hybridized carbons (Fsp3) is 0.375. The lowest BCUT2D eigenvalue weighted by Gasteiger charge is -2.28. The lowest BCUT2D eigenvalue weighted by Crippen LogP contribution is -2.26. The molecule has 1 aromatic carbocycles. The van der Waals surface area contributed by atoms with Crippen LogP contribution in [0.1, 0.15) is 37.0 Å². The van der Waals surface area contributed by atoms with E-state index in [1.54, 1.807) is 24.3 Å². The lowest BCUT2D eigenvalue weighted by atomic mass is 10.1. The number of halogens is 1. The molecule has 1 atom stereocenters. The molecule has 1 N–H and O–H groups in total. The molecule has 1 heterocycles. The topological polar surface area (TPSA) is 23.5 Å². The Hall–Kier alpha value is -1.39. The number of aliphatic hydroxyl groups is 1. The predicted octanol–water partition coefficient (Wildman–Crippen LogP) is 4.11. The second-order valence-electron chi connectivity index (χ2n) is 5.37. The van der Waals surface area contributed by atoms with Crippen LogP contribution in [0.4, 0.5) is 10.1 Å². The van der Waals surface area contributed by atoms with Gasteiger partial charge < -0.3 is 10.0 Å². The van der Waals surface area contributed by atoms with E-state index in [4.69, 9.17) is 0 Å². The Morgan fingerprint density at radius 2 is 2.20 bits per heavy atom. The van der Waals surface area contributed by atoms with Crippen LogP contribution in [-0.2, 0) is 6.54 Å². The van der Waals surface area contributed by atoms with E-state index in [2.05, 4.69) is 21.7 Å². The van der Waals surface area contributed by atoms with Gasteiger partial charge >= 0.3 is 0 Å². The molecule has 1 aliphatic carbocycles. The second kappa shape index (κ2) is 5.54. The first kappa shape index (κ1) is 13.6. The maximum absolute atomic E-state index is 13.4. The quantitative estimate of drug-likeness (QED) is 0.896. The first-order valence-electron chi connectivity index (χ1n) is 6.90. The summed E-state index contributed by atoms with van der Waals surface area (Å²) in [6.45, 7) is 2.51. The van der Waals surface area contributed by atoms with E-state index in [1.807, 2.05) is 0 Å². The average Bonchev–Trinajstić information content (AvgIpc) is 3.13. The van der Waals surface area contributed by atoms with E-state index < -0.39 is 6.10 Å². The summed E-state index contributed by atoms with van der Waals surface area (Å²) in [7, 11) is 0. The highest BCUT2D eigenvalue weighted by Gasteiger charge is 2.31. The molecule has 1 aromatic heterocycles. The number of hydrogen-bond donors (Lipinski definition) is 1. The van der Waals surface area contributed by atoms with Crippen LogP contribution < -0.4 is 4.90 Å². The molecule has 2 aromatic rings. The summed E-state index contributed by atoms with van der Waals surface area (Å²) in [6, 6.07) is 7.35. The normalized spacial score (nSPS) is 16.1. The third-order valence-electron chi connectivity index (χ3n) is 3.67. The monoisotopic (exact) mass is 291 g/mol. The number of benzene rings is 1. The van der Waals surface area contributed by atoms with Crippen molar-refractivity contribution in [1.82, 2.24) is 0 Å². The average molecular weight is 291 g/mol. The van der Waals surface area contributed by atoms with E-state index in [9.17, 15) is 9.50 Å². The molecule has 106 valence electrons. The summed E-state index contributed by atoms with van der Waals surface area (Å²) in [5.74, 6) is -0.295.